The summed E-state index contributed by atoms with van der Waals surface area (Å²) in [5.74, 6) is 0. The molecule has 1 saturated heterocycles. The van der Waals surface area contributed by atoms with Crippen LogP contribution in [0.4, 0.5) is 4.79 Å². The first-order valence-corrected chi connectivity index (χ1v) is 9.48. The van der Waals surface area contributed by atoms with Crippen LogP contribution in [0.2, 0.25) is 0 Å². The second kappa shape index (κ2) is 8.70. The number of allylic oxidation sites excluding steroid dienone is 1. The predicted molar refractivity (Wildman–Crippen MR) is 106 cm³/mol. The van der Waals surface area contributed by atoms with E-state index in [2.05, 4.69) is 6.07 Å². The average molecular weight is 373 g/mol. The van der Waals surface area contributed by atoms with Crippen molar-refractivity contribution < 1.29 is 19.1 Å². The summed E-state index contributed by atoms with van der Waals surface area (Å²) in [5.41, 5.74) is 0.971. The highest BCUT2D eigenvalue weighted by molar-refractivity contribution is 5.70. The number of hydrogen-bond acceptors (Lipinski definition) is 4. The van der Waals surface area contributed by atoms with Crippen molar-refractivity contribution in [2.75, 3.05) is 6.61 Å². The Bertz CT molecular complexity index is 688. The third-order valence-corrected chi connectivity index (χ3v) is 4.42. The van der Waals surface area contributed by atoms with Gasteiger partial charge in [0.25, 0.3) is 0 Å². The first kappa shape index (κ1) is 21.2. The molecule has 0 aliphatic carbocycles. The van der Waals surface area contributed by atoms with Gasteiger partial charge in [0.2, 0.25) is 0 Å². The maximum absolute atomic E-state index is 12.8. The van der Waals surface area contributed by atoms with Crippen molar-refractivity contribution in [3.05, 3.63) is 41.5 Å². The van der Waals surface area contributed by atoms with Crippen molar-refractivity contribution in [1.29, 1.82) is 0 Å². The molecule has 148 valence electrons. The number of amides is 1. The van der Waals surface area contributed by atoms with E-state index in [1.54, 1.807) is 4.90 Å². The molecule has 0 aromatic heterocycles. The van der Waals surface area contributed by atoms with Gasteiger partial charge in [-0.25, -0.2) is 4.79 Å². The number of ether oxygens (including phenoxy) is 2. The second-order valence-electron chi connectivity index (χ2n) is 8.31. The Labute approximate surface area is 162 Å². The Kier molecular flexibility index (Phi) is 6.82. The van der Waals surface area contributed by atoms with Crippen molar-refractivity contribution in [1.82, 2.24) is 4.90 Å². The lowest BCUT2D eigenvalue weighted by Crippen LogP contribution is -2.50. The van der Waals surface area contributed by atoms with Gasteiger partial charge in [0.15, 0.2) is 0 Å². The van der Waals surface area contributed by atoms with E-state index < -0.39 is 11.3 Å². The molecule has 2 rings (SSSR count). The number of benzene rings is 1. The molecule has 1 heterocycles. The molecule has 0 spiro atoms. The van der Waals surface area contributed by atoms with Crippen molar-refractivity contribution >= 4 is 18.5 Å². The summed E-state index contributed by atoms with van der Waals surface area (Å²) in [6, 6.07) is 8.00. The first-order chi connectivity index (χ1) is 12.6. The molecule has 27 heavy (non-hydrogen) atoms. The highest BCUT2D eigenvalue weighted by atomic mass is 16.6. The van der Waals surface area contributed by atoms with Crippen LogP contribution in [-0.2, 0) is 20.7 Å². The molecule has 0 radical (unpaired) electrons. The molecule has 5 nitrogen and oxygen atoms in total. The van der Waals surface area contributed by atoms with Gasteiger partial charge >= 0.3 is 6.09 Å². The molecular weight excluding hydrogens is 342 g/mol. The maximum Gasteiger partial charge on any atom is 0.412 e. The van der Waals surface area contributed by atoms with Crippen molar-refractivity contribution in [2.45, 2.75) is 71.2 Å². The summed E-state index contributed by atoms with van der Waals surface area (Å²) in [6.45, 7) is 9.84. The van der Waals surface area contributed by atoms with E-state index in [1.165, 1.54) is 0 Å². The minimum atomic E-state index is -0.707. The summed E-state index contributed by atoms with van der Waals surface area (Å²) in [5, 5.41) is 0. The molecule has 1 aliphatic rings. The van der Waals surface area contributed by atoms with Crippen LogP contribution in [0.15, 0.2) is 30.3 Å². The third kappa shape index (κ3) is 5.93. The smallest absolute Gasteiger partial charge is 0.412 e. The zero-order valence-corrected chi connectivity index (χ0v) is 17.0. The monoisotopic (exact) mass is 373 g/mol. The molecule has 1 aliphatic heterocycles. The van der Waals surface area contributed by atoms with Crippen LogP contribution in [0.1, 0.15) is 58.6 Å². The summed E-state index contributed by atoms with van der Waals surface area (Å²) >= 11 is 0. The summed E-state index contributed by atoms with van der Waals surface area (Å²) in [6.07, 6.45) is 6.54. The van der Waals surface area contributed by atoms with Crippen molar-refractivity contribution in [2.24, 2.45) is 0 Å². The van der Waals surface area contributed by atoms with E-state index in [4.69, 9.17) is 9.47 Å². The number of hydrogen-bond donors (Lipinski definition) is 0. The van der Waals surface area contributed by atoms with Crippen LogP contribution in [0.3, 0.4) is 0 Å². The highest BCUT2D eigenvalue weighted by Gasteiger charge is 2.45. The maximum atomic E-state index is 12.8. The van der Waals surface area contributed by atoms with Gasteiger partial charge < -0.3 is 14.3 Å². The van der Waals surface area contributed by atoms with Crippen LogP contribution >= 0.6 is 0 Å². The van der Waals surface area contributed by atoms with Gasteiger partial charge in [-0.15, -0.1) is 0 Å². The second-order valence-corrected chi connectivity index (χ2v) is 8.31. The fraction of sp³-hybridized carbons (Fsp3) is 0.545. The van der Waals surface area contributed by atoms with E-state index >= 15 is 0 Å². The number of carbonyl (C=O) groups excluding carboxylic acids is 2. The van der Waals surface area contributed by atoms with Gasteiger partial charge in [0, 0.05) is 6.42 Å². The predicted octanol–water partition coefficient (Wildman–Crippen LogP) is 4.59. The molecule has 1 amide bonds. The number of unbranched alkanes of at least 4 members (excludes halogenated alkanes) is 1. The summed E-state index contributed by atoms with van der Waals surface area (Å²) < 4.78 is 11.5. The normalized spacial score (nSPS) is 19.4. The van der Waals surface area contributed by atoms with E-state index in [9.17, 15) is 9.59 Å². The topological polar surface area (TPSA) is 55.8 Å². The molecule has 0 saturated carbocycles. The Morgan fingerprint density at radius 1 is 1.30 bits per heavy atom. The number of aldehydes is 1. The minimum Gasteiger partial charge on any atom is -0.444 e. The lowest BCUT2D eigenvalue weighted by molar-refractivity contribution is -0.107. The number of nitrogens with zero attached hydrogens (tertiary/aromatic N) is 1. The van der Waals surface area contributed by atoms with E-state index in [-0.39, 0.29) is 12.1 Å². The lowest BCUT2D eigenvalue weighted by atomic mass is 9.99. The highest BCUT2D eigenvalue weighted by Crippen LogP contribution is 2.31. The quantitative estimate of drug-likeness (QED) is 0.540. The number of rotatable bonds is 6. The molecule has 0 N–H and O–H groups in total. The average Bonchev–Trinajstić information content (AvgIpc) is 2.86. The molecule has 1 unspecified atom stereocenters. The van der Waals surface area contributed by atoms with Crippen LogP contribution in [0, 0.1) is 0 Å². The lowest BCUT2D eigenvalue weighted by Gasteiger charge is -2.35. The molecule has 0 bridgehead atoms. The van der Waals surface area contributed by atoms with Gasteiger partial charge in [-0.3, -0.25) is 4.90 Å². The molecular formula is C22H31NO4. The molecule has 1 aromatic rings. The standard InChI is InChI=1S/C22H31NO4/c1-21(2,3)27-20(25)23-19(16-26-22(23,4)5)15-18-13-9-8-12-17(18)11-7-6-10-14-24/h7-9,11-14,19H,6,10,15-16H2,1-5H3/b11-7-. The van der Waals surface area contributed by atoms with Gasteiger partial charge in [0.05, 0.1) is 12.6 Å². The van der Waals surface area contributed by atoms with Crippen molar-refractivity contribution in [3.8, 4) is 0 Å². The van der Waals surface area contributed by atoms with Gasteiger partial charge in [-0.1, -0.05) is 36.4 Å². The van der Waals surface area contributed by atoms with Crippen LogP contribution < -0.4 is 0 Å². The van der Waals surface area contributed by atoms with Crippen LogP contribution in [0.25, 0.3) is 6.08 Å². The largest absolute Gasteiger partial charge is 0.444 e. The molecule has 1 aromatic carbocycles. The fourth-order valence-electron chi connectivity index (χ4n) is 3.23. The van der Waals surface area contributed by atoms with E-state index in [0.29, 0.717) is 19.4 Å². The minimum absolute atomic E-state index is 0.0978. The van der Waals surface area contributed by atoms with Gasteiger partial charge in [0.1, 0.15) is 17.6 Å². The van der Waals surface area contributed by atoms with E-state index in [0.717, 1.165) is 23.8 Å². The number of carbonyl (C=O) groups is 2. The first-order valence-electron chi connectivity index (χ1n) is 9.48. The zero-order chi connectivity index (χ0) is 20.1. The summed E-state index contributed by atoms with van der Waals surface area (Å²) in [4.78, 5) is 25.0. The molecule has 1 fully saturated rings. The Hall–Kier alpha value is -2.14. The van der Waals surface area contributed by atoms with Crippen LogP contribution in [0.5, 0.6) is 0 Å². The SMILES string of the molecule is CC(C)(C)OC(=O)N1C(Cc2ccccc2/C=C\CCC=O)COC1(C)C. The fourth-order valence-corrected chi connectivity index (χ4v) is 3.23. The Morgan fingerprint density at radius 2 is 2.00 bits per heavy atom. The zero-order valence-electron chi connectivity index (χ0n) is 17.0. The van der Waals surface area contributed by atoms with Crippen LogP contribution in [-0.4, -0.2) is 41.3 Å². The van der Waals surface area contributed by atoms with Gasteiger partial charge in [-0.2, -0.15) is 0 Å². The third-order valence-electron chi connectivity index (χ3n) is 4.42. The summed E-state index contributed by atoms with van der Waals surface area (Å²) in [7, 11) is 0. The van der Waals surface area contributed by atoms with E-state index in [1.807, 2.05) is 65.0 Å². The van der Waals surface area contributed by atoms with Crippen molar-refractivity contribution in [3.63, 3.8) is 0 Å². The molecule has 5 heteroatoms. The Morgan fingerprint density at radius 3 is 2.67 bits per heavy atom. The molecule has 1 atom stereocenters. The Balaban J connectivity index is 2.19. The van der Waals surface area contributed by atoms with Gasteiger partial charge in [-0.05, 0) is 58.6 Å².